The second kappa shape index (κ2) is 7.64. The molecule has 32 heavy (non-hydrogen) atoms. The van der Waals surface area contributed by atoms with Crippen LogP contribution in [0.2, 0.25) is 0 Å². The van der Waals surface area contributed by atoms with E-state index in [1.165, 1.54) is 20.0 Å². The van der Waals surface area contributed by atoms with Crippen LogP contribution in [0.15, 0.2) is 64.4 Å². The van der Waals surface area contributed by atoms with Crippen LogP contribution in [-0.2, 0) is 6.54 Å². The molecule has 2 aromatic carbocycles. The molecule has 8 nitrogen and oxygen atoms in total. The summed E-state index contributed by atoms with van der Waals surface area (Å²) in [5, 5.41) is 0. The second-order valence-electron chi connectivity index (χ2n) is 8.06. The van der Waals surface area contributed by atoms with Crippen LogP contribution in [0.4, 0.5) is 0 Å². The highest BCUT2D eigenvalue weighted by atomic mass is 16.5. The highest BCUT2D eigenvalue weighted by molar-refractivity contribution is 5.96. The number of hydrogen-bond acceptors (Lipinski definition) is 5. The van der Waals surface area contributed by atoms with E-state index in [9.17, 15) is 14.4 Å². The molecule has 2 heterocycles. The Kier molecular flexibility index (Phi) is 4.77. The topological polar surface area (TPSA) is 88.1 Å². The average molecular weight is 430 g/mol. The lowest BCUT2D eigenvalue weighted by Crippen LogP contribution is -2.39. The van der Waals surface area contributed by atoms with Crippen molar-refractivity contribution >= 4 is 16.9 Å². The summed E-state index contributed by atoms with van der Waals surface area (Å²) in [7, 11) is 1.56. The highest BCUT2D eigenvalue weighted by Gasteiger charge is 2.30. The molecule has 0 N–H and O–H groups in total. The van der Waals surface area contributed by atoms with E-state index < -0.39 is 11.2 Å². The number of carbonyl (C=O) groups is 1. The maximum absolute atomic E-state index is 13.3. The Balaban J connectivity index is 1.66. The number of imidazole rings is 1. The van der Waals surface area contributed by atoms with E-state index in [1.807, 2.05) is 31.2 Å². The number of Topliss-reactive ketones (excluding diaryl/α,β-unsaturated/α-hetero) is 1. The van der Waals surface area contributed by atoms with Gasteiger partial charge in [-0.2, -0.15) is 0 Å². The zero-order chi connectivity index (χ0) is 22.4. The first kappa shape index (κ1) is 20.0. The molecule has 2 aromatic heterocycles. The molecule has 4 aromatic rings. The molecular formula is C24H22N4O4. The van der Waals surface area contributed by atoms with Gasteiger partial charge in [-0.1, -0.05) is 12.1 Å². The van der Waals surface area contributed by atoms with Crippen molar-refractivity contribution in [3.05, 3.63) is 86.8 Å². The lowest BCUT2D eigenvalue weighted by atomic mass is 10.1. The number of carbonyl (C=O) groups excluding carboxylic acids is 1. The summed E-state index contributed by atoms with van der Waals surface area (Å²) in [6, 6.07) is 14.2. The number of aryl methyl sites for hydroxylation is 1. The summed E-state index contributed by atoms with van der Waals surface area (Å²) in [4.78, 5) is 43.9. The quantitative estimate of drug-likeness (QED) is 0.439. The number of fused-ring (bicyclic) bond motifs is 1. The van der Waals surface area contributed by atoms with Gasteiger partial charge >= 0.3 is 5.69 Å². The molecule has 0 spiro atoms. The zero-order valence-corrected chi connectivity index (χ0v) is 17.8. The molecule has 0 aliphatic heterocycles. The number of ketones is 1. The smallest absolute Gasteiger partial charge is 0.337 e. The van der Waals surface area contributed by atoms with E-state index in [-0.39, 0.29) is 29.5 Å². The van der Waals surface area contributed by atoms with Gasteiger partial charge in [-0.25, -0.2) is 14.3 Å². The molecule has 0 amide bonds. The minimum Gasteiger partial charge on any atom is -0.497 e. The molecule has 0 radical (unpaired) electrons. The fourth-order valence-corrected chi connectivity index (χ4v) is 3.95. The maximum atomic E-state index is 13.3. The van der Waals surface area contributed by atoms with Crippen LogP contribution in [0.1, 0.15) is 34.8 Å². The molecule has 1 aliphatic rings. The lowest BCUT2D eigenvalue weighted by molar-refractivity contribution is 0.0973. The SMILES string of the molecule is COc1ccc(C(=O)Cn2cnc3c2c(=O)n(C2CC2)c(=O)n3-c2cccc(C)c2)cc1. The fourth-order valence-electron chi connectivity index (χ4n) is 3.95. The van der Waals surface area contributed by atoms with E-state index in [2.05, 4.69) is 4.98 Å². The number of hydrogen-bond donors (Lipinski definition) is 0. The van der Waals surface area contributed by atoms with Crippen LogP contribution < -0.4 is 16.0 Å². The first-order valence-electron chi connectivity index (χ1n) is 10.4. The Morgan fingerprint density at radius 2 is 1.88 bits per heavy atom. The molecule has 0 bridgehead atoms. The third-order valence-corrected chi connectivity index (χ3v) is 5.75. The van der Waals surface area contributed by atoms with Gasteiger partial charge in [-0.3, -0.25) is 14.2 Å². The third-order valence-electron chi connectivity index (χ3n) is 5.75. The zero-order valence-electron chi connectivity index (χ0n) is 17.8. The Morgan fingerprint density at radius 1 is 1.12 bits per heavy atom. The van der Waals surface area contributed by atoms with E-state index in [4.69, 9.17) is 4.74 Å². The summed E-state index contributed by atoms with van der Waals surface area (Å²) in [5.74, 6) is 0.488. The predicted molar refractivity (Wildman–Crippen MR) is 120 cm³/mol. The van der Waals surface area contributed by atoms with Crippen LogP contribution in [0.25, 0.3) is 16.9 Å². The first-order chi connectivity index (χ1) is 15.5. The van der Waals surface area contributed by atoms with E-state index in [1.54, 1.807) is 31.4 Å². The largest absolute Gasteiger partial charge is 0.497 e. The Labute approximate surface area is 183 Å². The fraction of sp³-hybridized carbons (Fsp3) is 0.250. The number of aromatic nitrogens is 4. The first-order valence-corrected chi connectivity index (χ1v) is 10.4. The molecule has 5 rings (SSSR count). The molecule has 1 fully saturated rings. The van der Waals surface area contributed by atoms with E-state index in [0.717, 1.165) is 18.4 Å². The van der Waals surface area contributed by atoms with Gasteiger partial charge in [0.05, 0.1) is 25.7 Å². The molecule has 1 saturated carbocycles. The van der Waals surface area contributed by atoms with E-state index >= 15 is 0 Å². The van der Waals surface area contributed by atoms with Crippen LogP contribution >= 0.6 is 0 Å². The standard InChI is InChI=1S/C24H22N4O4/c1-15-4-3-5-18(12-15)27-22-21(23(30)28(24(27)31)17-8-9-17)26(14-25-22)13-20(29)16-6-10-19(32-2)11-7-16/h3-7,10-12,14,17H,8-9,13H2,1-2H3. The van der Waals surface area contributed by atoms with Gasteiger partial charge in [0.2, 0.25) is 0 Å². The molecule has 162 valence electrons. The van der Waals surface area contributed by atoms with Gasteiger partial charge in [0.1, 0.15) is 5.75 Å². The Hall–Kier alpha value is -3.94. The van der Waals surface area contributed by atoms with Crippen molar-refractivity contribution in [2.75, 3.05) is 7.11 Å². The molecule has 0 saturated heterocycles. The molecule has 0 unspecified atom stereocenters. The van der Waals surface area contributed by atoms with Crippen molar-refractivity contribution in [1.29, 1.82) is 0 Å². The minimum absolute atomic E-state index is 0.0608. The van der Waals surface area contributed by atoms with E-state index in [0.29, 0.717) is 17.0 Å². The Morgan fingerprint density at radius 3 is 2.53 bits per heavy atom. The maximum Gasteiger partial charge on any atom is 0.337 e. The third kappa shape index (κ3) is 3.33. The van der Waals surface area contributed by atoms with Crippen molar-refractivity contribution in [1.82, 2.24) is 18.7 Å². The predicted octanol–water partition coefficient (Wildman–Crippen LogP) is 2.88. The van der Waals surface area contributed by atoms with Crippen LogP contribution in [-0.4, -0.2) is 31.6 Å². The number of ether oxygens (including phenoxy) is 1. The monoisotopic (exact) mass is 430 g/mol. The average Bonchev–Trinajstić information content (AvgIpc) is 3.54. The normalized spacial score (nSPS) is 13.4. The highest BCUT2D eigenvalue weighted by Crippen LogP contribution is 2.32. The molecule has 8 heteroatoms. The van der Waals surface area contributed by atoms with Gasteiger partial charge in [-0.15, -0.1) is 0 Å². The van der Waals surface area contributed by atoms with Crippen LogP contribution in [0.3, 0.4) is 0 Å². The number of benzene rings is 2. The summed E-state index contributed by atoms with van der Waals surface area (Å²) >= 11 is 0. The molecule has 0 atom stereocenters. The summed E-state index contributed by atoms with van der Waals surface area (Å²) in [5.41, 5.74) is 1.83. The lowest BCUT2D eigenvalue weighted by Gasteiger charge is -2.12. The Bertz CT molecular complexity index is 1460. The van der Waals surface area contributed by atoms with Crippen molar-refractivity contribution in [3.63, 3.8) is 0 Å². The van der Waals surface area contributed by atoms with Crippen LogP contribution in [0, 0.1) is 6.92 Å². The number of methoxy groups -OCH3 is 1. The van der Waals surface area contributed by atoms with Crippen molar-refractivity contribution in [2.45, 2.75) is 32.4 Å². The van der Waals surface area contributed by atoms with Gasteiger partial charge in [0.25, 0.3) is 5.56 Å². The van der Waals surface area contributed by atoms with Gasteiger partial charge in [-0.05, 0) is 61.7 Å². The second-order valence-corrected chi connectivity index (χ2v) is 8.06. The van der Waals surface area contributed by atoms with Crippen molar-refractivity contribution < 1.29 is 9.53 Å². The summed E-state index contributed by atoms with van der Waals surface area (Å²) in [6.07, 6.45) is 3.03. The number of rotatable bonds is 6. The summed E-state index contributed by atoms with van der Waals surface area (Å²) in [6.45, 7) is 1.88. The van der Waals surface area contributed by atoms with Crippen LogP contribution in [0.5, 0.6) is 5.75 Å². The minimum atomic E-state index is -0.406. The van der Waals surface area contributed by atoms with Gasteiger partial charge < -0.3 is 9.30 Å². The molecule has 1 aliphatic carbocycles. The van der Waals surface area contributed by atoms with Crippen molar-refractivity contribution in [2.24, 2.45) is 0 Å². The van der Waals surface area contributed by atoms with Gasteiger partial charge in [0, 0.05) is 11.6 Å². The van der Waals surface area contributed by atoms with Crippen molar-refractivity contribution in [3.8, 4) is 11.4 Å². The number of nitrogens with zero attached hydrogens (tertiary/aromatic N) is 4. The summed E-state index contributed by atoms with van der Waals surface area (Å²) < 4.78 is 9.45. The van der Waals surface area contributed by atoms with Gasteiger partial charge in [0.15, 0.2) is 16.9 Å². The molecular weight excluding hydrogens is 408 g/mol.